The molecule has 1 aromatic rings. The van der Waals surface area contributed by atoms with E-state index in [1.54, 1.807) is 0 Å². The first-order valence-electron chi connectivity index (χ1n) is 3.85. The molecule has 0 unspecified atom stereocenters. The zero-order valence-electron chi connectivity index (χ0n) is 6.95. The van der Waals surface area contributed by atoms with E-state index < -0.39 is 0 Å². The van der Waals surface area contributed by atoms with Gasteiger partial charge in [-0.3, -0.25) is 4.90 Å². The lowest BCUT2D eigenvalue weighted by Crippen LogP contribution is -2.22. The first-order chi connectivity index (χ1) is 5.36. The van der Waals surface area contributed by atoms with E-state index in [-0.39, 0.29) is 0 Å². The lowest BCUT2D eigenvalue weighted by atomic mass is 10.4. The van der Waals surface area contributed by atoms with E-state index >= 15 is 0 Å². The zero-order valence-corrected chi connectivity index (χ0v) is 7.77. The third-order valence-corrected chi connectivity index (χ3v) is 2.20. The molecule has 0 aromatic carbocycles. The fraction of sp³-hybridized carbons (Fsp3) is 0.714. The molecule has 0 aliphatic rings. The summed E-state index contributed by atoms with van der Waals surface area (Å²) in [7, 11) is 0. The lowest BCUT2D eigenvalue weighted by Gasteiger charge is -2.15. The minimum atomic E-state index is 0.934. The maximum Gasteiger partial charge on any atom is 0.0883 e. The zero-order chi connectivity index (χ0) is 8.10. The first kappa shape index (κ1) is 8.62. The molecule has 0 atom stereocenters. The quantitative estimate of drug-likeness (QED) is 0.685. The Labute approximate surface area is 71.4 Å². The second-order valence-electron chi connectivity index (χ2n) is 2.36. The van der Waals surface area contributed by atoms with Crippen LogP contribution >= 0.6 is 11.7 Å². The monoisotopic (exact) mass is 171 g/mol. The summed E-state index contributed by atoms with van der Waals surface area (Å²) in [6.45, 7) is 7.40. The summed E-state index contributed by atoms with van der Waals surface area (Å²) in [5.41, 5.74) is 1.08. The third kappa shape index (κ3) is 2.55. The molecule has 1 rings (SSSR count). The Morgan fingerprint density at radius 3 is 2.64 bits per heavy atom. The van der Waals surface area contributed by atoms with Crippen LogP contribution in [0.4, 0.5) is 0 Å². The average molecular weight is 171 g/mol. The molecule has 0 saturated heterocycles. The van der Waals surface area contributed by atoms with E-state index in [1.165, 1.54) is 11.7 Å². The van der Waals surface area contributed by atoms with E-state index in [4.69, 9.17) is 0 Å². The van der Waals surface area contributed by atoms with Crippen LogP contribution in [0.25, 0.3) is 0 Å². The molecule has 0 spiro atoms. The van der Waals surface area contributed by atoms with Crippen molar-refractivity contribution in [2.75, 3.05) is 13.1 Å². The number of rotatable bonds is 4. The topological polar surface area (TPSA) is 29.0 Å². The van der Waals surface area contributed by atoms with Crippen molar-refractivity contribution in [3.63, 3.8) is 0 Å². The second kappa shape index (κ2) is 4.41. The largest absolute Gasteiger partial charge is 0.298 e. The highest BCUT2D eigenvalue weighted by Crippen LogP contribution is 2.00. The van der Waals surface area contributed by atoms with Crippen LogP contribution in [0.5, 0.6) is 0 Å². The van der Waals surface area contributed by atoms with Gasteiger partial charge in [-0.25, -0.2) is 0 Å². The van der Waals surface area contributed by atoms with Gasteiger partial charge in [-0.15, -0.1) is 0 Å². The Hall–Kier alpha value is -0.480. The van der Waals surface area contributed by atoms with Crippen LogP contribution < -0.4 is 0 Å². The van der Waals surface area contributed by atoms with Crippen LogP contribution in [-0.2, 0) is 6.54 Å². The van der Waals surface area contributed by atoms with E-state index in [2.05, 4.69) is 27.5 Å². The molecule has 0 N–H and O–H groups in total. The Balaban J connectivity index is 2.41. The highest BCUT2D eigenvalue weighted by molar-refractivity contribution is 6.99. The van der Waals surface area contributed by atoms with Crippen LogP contribution in [0.15, 0.2) is 6.20 Å². The maximum atomic E-state index is 4.14. The summed E-state index contributed by atoms with van der Waals surface area (Å²) < 4.78 is 8.09. The van der Waals surface area contributed by atoms with Gasteiger partial charge >= 0.3 is 0 Å². The minimum absolute atomic E-state index is 0.934. The molecule has 0 aliphatic carbocycles. The molecule has 0 bridgehead atoms. The summed E-state index contributed by atoms with van der Waals surface area (Å²) in [5, 5.41) is 0. The summed E-state index contributed by atoms with van der Waals surface area (Å²) in [6, 6.07) is 0. The van der Waals surface area contributed by atoms with Crippen molar-refractivity contribution in [3.05, 3.63) is 11.9 Å². The molecular formula is C7H13N3S. The van der Waals surface area contributed by atoms with E-state index in [0.29, 0.717) is 0 Å². The molecule has 0 amide bonds. The smallest absolute Gasteiger partial charge is 0.0883 e. The molecule has 62 valence electrons. The number of nitrogens with zero attached hydrogens (tertiary/aromatic N) is 3. The molecule has 0 fully saturated rings. The fourth-order valence-corrected chi connectivity index (χ4v) is 1.36. The SMILES string of the molecule is CCN(CC)Cc1cnsn1. The van der Waals surface area contributed by atoms with Crippen LogP contribution in [0, 0.1) is 0 Å². The number of aromatic nitrogens is 2. The van der Waals surface area contributed by atoms with Crippen molar-refractivity contribution in [1.82, 2.24) is 13.6 Å². The summed E-state index contributed by atoms with van der Waals surface area (Å²) in [5.74, 6) is 0. The highest BCUT2D eigenvalue weighted by atomic mass is 32.1. The van der Waals surface area contributed by atoms with Gasteiger partial charge < -0.3 is 0 Å². The molecule has 11 heavy (non-hydrogen) atoms. The van der Waals surface area contributed by atoms with Crippen molar-refractivity contribution in [2.45, 2.75) is 20.4 Å². The molecule has 4 heteroatoms. The Kier molecular flexibility index (Phi) is 3.45. The molecule has 0 saturated carbocycles. The molecule has 0 radical (unpaired) electrons. The van der Waals surface area contributed by atoms with Crippen molar-refractivity contribution < 1.29 is 0 Å². The predicted molar refractivity (Wildman–Crippen MR) is 46.5 cm³/mol. The Morgan fingerprint density at radius 2 is 2.18 bits per heavy atom. The Morgan fingerprint density at radius 1 is 1.45 bits per heavy atom. The lowest BCUT2D eigenvalue weighted by molar-refractivity contribution is 0.293. The van der Waals surface area contributed by atoms with Gasteiger partial charge in [-0.05, 0) is 13.1 Å². The van der Waals surface area contributed by atoms with Crippen molar-refractivity contribution in [2.24, 2.45) is 0 Å². The predicted octanol–water partition coefficient (Wildman–Crippen LogP) is 1.38. The number of hydrogen-bond donors (Lipinski definition) is 0. The number of hydrogen-bond acceptors (Lipinski definition) is 4. The van der Waals surface area contributed by atoms with Gasteiger partial charge in [-0.2, -0.15) is 8.75 Å². The van der Waals surface area contributed by atoms with Crippen LogP contribution in [0.3, 0.4) is 0 Å². The van der Waals surface area contributed by atoms with Crippen LogP contribution in [0.2, 0.25) is 0 Å². The molecule has 1 aromatic heterocycles. The molecule has 1 heterocycles. The summed E-state index contributed by atoms with van der Waals surface area (Å²) in [4.78, 5) is 2.32. The van der Waals surface area contributed by atoms with Gasteiger partial charge in [-0.1, -0.05) is 13.8 Å². The second-order valence-corrected chi connectivity index (χ2v) is 2.92. The average Bonchev–Trinajstić information content (AvgIpc) is 2.52. The maximum absolute atomic E-state index is 4.14. The van der Waals surface area contributed by atoms with Gasteiger partial charge in [0.1, 0.15) is 0 Å². The van der Waals surface area contributed by atoms with Crippen LogP contribution in [-0.4, -0.2) is 26.7 Å². The molecular weight excluding hydrogens is 158 g/mol. The Bertz CT molecular complexity index is 182. The van der Waals surface area contributed by atoms with E-state index in [1.807, 2.05) is 6.20 Å². The standard InChI is InChI=1S/C7H13N3S/c1-3-10(4-2)6-7-5-8-11-9-7/h5H,3-4,6H2,1-2H3. The minimum Gasteiger partial charge on any atom is -0.298 e. The molecule has 0 aliphatic heterocycles. The summed E-state index contributed by atoms with van der Waals surface area (Å²) >= 11 is 1.28. The molecule has 3 nitrogen and oxygen atoms in total. The van der Waals surface area contributed by atoms with Gasteiger partial charge in [0, 0.05) is 6.54 Å². The fourth-order valence-electron chi connectivity index (χ4n) is 0.930. The van der Waals surface area contributed by atoms with Crippen molar-refractivity contribution >= 4 is 11.7 Å². The van der Waals surface area contributed by atoms with E-state index in [9.17, 15) is 0 Å². The summed E-state index contributed by atoms with van der Waals surface area (Å²) in [6.07, 6.45) is 1.84. The first-order valence-corrected chi connectivity index (χ1v) is 4.58. The van der Waals surface area contributed by atoms with E-state index in [0.717, 1.165) is 25.3 Å². The van der Waals surface area contributed by atoms with Gasteiger partial charge in [0.05, 0.1) is 23.6 Å². The van der Waals surface area contributed by atoms with Gasteiger partial charge in [0.25, 0.3) is 0 Å². The third-order valence-electron chi connectivity index (χ3n) is 1.69. The van der Waals surface area contributed by atoms with Crippen molar-refractivity contribution in [3.8, 4) is 0 Å². The van der Waals surface area contributed by atoms with Gasteiger partial charge in [0.15, 0.2) is 0 Å². The van der Waals surface area contributed by atoms with Crippen LogP contribution in [0.1, 0.15) is 19.5 Å². The normalized spacial score (nSPS) is 10.8. The van der Waals surface area contributed by atoms with Crippen molar-refractivity contribution in [1.29, 1.82) is 0 Å². The highest BCUT2D eigenvalue weighted by Gasteiger charge is 2.01. The van der Waals surface area contributed by atoms with Gasteiger partial charge in [0.2, 0.25) is 0 Å².